The molecule has 0 aliphatic carbocycles. The van der Waals surface area contributed by atoms with Crippen molar-refractivity contribution in [2.45, 2.75) is 31.2 Å². The van der Waals surface area contributed by atoms with Gasteiger partial charge >= 0.3 is 6.18 Å². The summed E-state index contributed by atoms with van der Waals surface area (Å²) < 4.78 is 46.7. The number of rotatable bonds is 7. The van der Waals surface area contributed by atoms with Crippen LogP contribution in [-0.4, -0.2) is 39.4 Å². The van der Waals surface area contributed by atoms with Gasteiger partial charge in [-0.1, -0.05) is 11.6 Å². The number of carbonyl (C=O) groups is 1. The van der Waals surface area contributed by atoms with Crippen LogP contribution in [0.4, 0.5) is 13.2 Å². The van der Waals surface area contributed by atoms with Crippen LogP contribution in [0.25, 0.3) is 0 Å². The number of nitrogens with one attached hydrogen (secondary N) is 1. The molecule has 0 aliphatic rings. The number of amides is 1. The molecule has 2 unspecified atom stereocenters. The Balaban J connectivity index is 1.97. The second kappa shape index (κ2) is 8.18. The monoisotopic (exact) mass is 405 g/mol. The molecular weight excluding hydrogens is 387 g/mol. The predicted octanol–water partition coefficient (Wildman–Crippen LogP) is 2.80. The van der Waals surface area contributed by atoms with Crippen molar-refractivity contribution in [2.24, 2.45) is 7.05 Å². The molecule has 0 radical (unpaired) electrons. The van der Waals surface area contributed by atoms with Crippen molar-refractivity contribution in [3.05, 3.63) is 47.5 Å². The summed E-state index contributed by atoms with van der Waals surface area (Å²) >= 11 is 5.75. The summed E-state index contributed by atoms with van der Waals surface area (Å²) in [5.41, 5.74) is -3.18. The highest BCUT2D eigenvalue weighted by atomic mass is 35.5. The maximum absolute atomic E-state index is 13.4. The number of carbonyl (C=O) groups excluding carboxylic acids is 1. The topological polar surface area (TPSA) is 76.4 Å². The fourth-order valence-electron chi connectivity index (χ4n) is 2.43. The van der Waals surface area contributed by atoms with Gasteiger partial charge in [-0.05, 0) is 31.2 Å². The number of alkyl halides is 3. The van der Waals surface area contributed by atoms with E-state index in [1.165, 1.54) is 20.2 Å². The molecule has 0 saturated heterocycles. The smallest absolute Gasteiger partial charge is 0.424 e. The molecule has 148 valence electrons. The molecule has 2 rings (SSSR count). The summed E-state index contributed by atoms with van der Waals surface area (Å²) in [6.07, 6.45) is -4.24. The molecule has 0 aliphatic heterocycles. The molecule has 0 fully saturated rings. The van der Waals surface area contributed by atoms with Gasteiger partial charge in [0.2, 0.25) is 5.60 Å². The van der Waals surface area contributed by atoms with E-state index in [2.05, 4.69) is 10.3 Å². The Morgan fingerprint density at radius 1 is 1.37 bits per heavy atom. The Kier molecular flexibility index (Phi) is 6.38. The molecule has 27 heavy (non-hydrogen) atoms. The minimum Gasteiger partial charge on any atom is -0.481 e. The molecule has 0 bridgehead atoms. The van der Waals surface area contributed by atoms with Crippen LogP contribution in [-0.2, 0) is 17.4 Å². The highest BCUT2D eigenvalue weighted by Crippen LogP contribution is 2.40. The lowest BCUT2D eigenvalue weighted by Crippen LogP contribution is -2.47. The van der Waals surface area contributed by atoms with E-state index < -0.39 is 42.6 Å². The van der Waals surface area contributed by atoms with Gasteiger partial charge in [-0.2, -0.15) is 13.2 Å². The van der Waals surface area contributed by atoms with Crippen molar-refractivity contribution >= 4 is 17.5 Å². The zero-order chi connectivity index (χ0) is 20.2. The van der Waals surface area contributed by atoms with Crippen molar-refractivity contribution in [2.75, 3.05) is 6.54 Å². The van der Waals surface area contributed by atoms with E-state index in [-0.39, 0.29) is 0 Å². The number of benzene rings is 1. The summed E-state index contributed by atoms with van der Waals surface area (Å²) in [6, 6.07) is 6.29. The van der Waals surface area contributed by atoms with Crippen LogP contribution in [0.5, 0.6) is 5.75 Å². The van der Waals surface area contributed by atoms with Crippen LogP contribution in [0.1, 0.15) is 19.2 Å². The molecule has 6 nitrogen and oxygen atoms in total. The van der Waals surface area contributed by atoms with E-state index in [4.69, 9.17) is 16.3 Å². The first-order valence-corrected chi connectivity index (χ1v) is 8.39. The van der Waals surface area contributed by atoms with E-state index >= 15 is 0 Å². The summed E-state index contributed by atoms with van der Waals surface area (Å²) in [5.74, 6) is -0.772. The third-order valence-electron chi connectivity index (χ3n) is 3.94. The van der Waals surface area contributed by atoms with Crippen molar-refractivity contribution in [1.82, 2.24) is 14.9 Å². The van der Waals surface area contributed by atoms with E-state index in [0.717, 1.165) is 10.8 Å². The van der Waals surface area contributed by atoms with Gasteiger partial charge in [0, 0.05) is 37.4 Å². The lowest BCUT2D eigenvalue weighted by Gasteiger charge is -2.30. The van der Waals surface area contributed by atoms with Crippen LogP contribution < -0.4 is 10.1 Å². The Morgan fingerprint density at radius 3 is 2.52 bits per heavy atom. The summed E-state index contributed by atoms with van der Waals surface area (Å²) in [7, 11) is 1.35. The Hall–Kier alpha value is -2.26. The number of aromatic nitrogens is 2. The lowest BCUT2D eigenvalue weighted by molar-refractivity contribution is -0.272. The van der Waals surface area contributed by atoms with Crippen LogP contribution in [0.15, 0.2) is 36.7 Å². The molecule has 1 amide bonds. The molecule has 0 saturated carbocycles. The van der Waals surface area contributed by atoms with E-state index in [9.17, 15) is 23.1 Å². The Morgan fingerprint density at radius 2 is 2.00 bits per heavy atom. The second-order valence-electron chi connectivity index (χ2n) is 5.97. The molecular formula is C17H19ClF3N3O3. The Bertz CT molecular complexity index is 780. The van der Waals surface area contributed by atoms with Gasteiger partial charge in [-0.3, -0.25) is 4.79 Å². The number of halogens is 4. The van der Waals surface area contributed by atoms with Crippen molar-refractivity contribution in [3.63, 3.8) is 0 Å². The normalized spacial score (nSPS) is 15.1. The third kappa shape index (κ3) is 4.92. The van der Waals surface area contributed by atoms with Crippen molar-refractivity contribution in [1.29, 1.82) is 0 Å². The summed E-state index contributed by atoms with van der Waals surface area (Å²) in [5, 5.41) is 13.0. The first-order valence-electron chi connectivity index (χ1n) is 8.01. The number of ether oxygens (including phenoxy) is 1. The fraction of sp³-hybridized carbons (Fsp3) is 0.412. The quantitative estimate of drug-likeness (QED) is 0.742. The van der Waals surface area contributed by atoms with Gasteiger partial charge in [0.1, 0.15) is 11.6 Å². The van der Waals surface area contributed by atoms with Crippen LogP contribution >= 0.6 is 11.6 Å². The molecule has 2 N–H and O–H groups in total. The molecule has 2 aromatic rings. The van der Waals surface area contributed by atoms with Gasteiger partial charge in [-0.15, -0.1) is 0 Å². The molecule has 2 atom stereocenters. The van der Waals surface area contributed by atoms with E-state index in [1.54, 1.807) is 24.3 Å². The standard InChI is InChI=1S/C17H19ClF3N3O3/c1-11(27-13-5-3-12(18)4-6-13)14(25)22-8-7-16(26,17(19,20)21)15-23-9-10-24(15)2/h3-6,9-11,26H,7-8H2,1-2H3,(H,22,25). The first kappa shape index (κ1) is 21.0. The maximum atomic E-state index is 13.4. The zero-order valence-electron chi connectivity index (χ0n) is 14.6. The van der Waals surface area contributed by atoms with Gasteiger partial charge < -0.3 is 19.7 Å². The van der Waals surface area contributed by atoms with Crippen molar-refractivity contribution < 1.29 is 27.8 Å². The van der Waals surface area contributed by atoms with Crippen LogP contribution in [0.3, 0.4) is 0 Å². The average Bonchev–Trinajstić information content (AvgIpc) is 3.02. The number of hydrogen-bond donors (Lipinski definition) is 2. The van der Waals surface area contributed by atoms with Gasteiger partial charge in [-0.25, -0.2) is 4.98 Å². The van der Waals surface area contributed by atoms with E-state index in [1.807, 2.05) is 0 Å². The minimum absolute atomic E-state index is 0.391. The Labute approximate surface area is 158 Å². The average molecular weight is 406 g/mol. The molecule has 0 spiro atoms. The van der Waals surface area contributed by atoms with Crippen molar-refractivity contribution in [3.8, 4) is 5.75 Å². The largest absolute Gasteiger partial charge is 0.481 e. The second-order valence-corrected chi connectivity index (χ2v) is 6.41. The molecule has 10 heteroatoms. The highest BCUT2D eigenvalue weighted by Gasteiger charge is 2.57. The predicted molar refractivity (Wildman–Crippen MR) is 92.3 cm³/mol. The number of nitrogens with zero attached hydrogens (tertiary/aromatic N) is 2. The van der Waals surface area contributed by atoms with Gasteiger partial charge in [0.15, 0.2) is 6.10 Å². The number of aliphatic hydroxyl groups is 1. The lowest BCUT2D eigenvalue weighted by atomic mass is 9.97. The zero-order valence-corrected chi connectivity index (χ0v) is 15.4. The fourth-order valence-corrected chi connectivity index (χ4v) is 2.55. The minimum atomic E-state index is -4.96. The van der Waals surface area contributed by atoms with E-state index in [0.29, 0.717) is 10.8 Å². The van der Waals surface area contributed by atoms with Crippen LogP contribution in [0, 0.1) is 0 Å². The van der Waals surface area contributed by atoms with Gasteiger partial charge in [0.05, 0.1) is 0 Å². The molecule has 1 heterocycles. The van der Waals surface area contributed by atoms with Gasteiger partial charge in [0.25, 0.3) is 5.91 Å². The van der Waals surface area contributed by atoms with Crippen LogP contribution in [0.2, 0.25) is 5.02 Å². The summed E-state index contributed by atoms with van der Waals surface area (Å²) in [6.45, 7) is 1.04. The molecule has 1 aromatic heterocycles. The SMILES string of the molecule is CC(Oc1ccc(Cl)cc1)C(=O)NCCC(O)(c1nccn1C)C(F)(F)F. The molecule has 1 aromatic carbocycles. The third-order valence-corrected chi connectivity index (χ3v) is 4.19. The maximum Gasteiger partial charge on any atom is 0.424 e. The summed E-state index contributed by atoms with van der Waals surface area (Å²) in [4.78, 5) is 15.7. The first-order chi connectivity index (χ1) is 12.5. The highest BCUT2D eigenvalue weighted by molar-refractivity contribution is 6.30. The number of imidazole rings is 1. The number of aryl methyl sites for hydroxylation is 1. The number of hydrogen-bond acceptors (Lipinski definition) is 4.